The molecule has 1 saturated heterocycles. The van der Waals surface area contributed by atoms with Crippen LogP contribution in [0.3, 0.4) is 0 Å². The number of aromatic nitrogens is 2. The Morgan fingerprint density at radius 3 is 2.59 bits per heavy atom. The Hall–Kier alpha value is -3.49. The third kappa shape index (κ3) is 7.74. The molecule has 194 valence electrons. The van der Waals surface area contributed by atoms with Crippen molar-refractivity contribution in [2.45, 2.75) is 32.2 Å². The molecule has 1 fully saturated rings. The number of nitrogens with one attached hydrogen (secondary N) is 2. The van der Waals surface area contributed by atoms with Gasteiger partial charge in [0.1, 0.15) is 17.9 Å². The van der Waals surface area contributed by atoms with Crippen molar-refractivity contribution in [2.24, 2.45) is 0 Å². The Balaban J connectivity index is 1.29. The van der Waals surface area contributed by atoms with E-state index in [9.17, 15) is 4.79 Å². The van der Waals surface area contributed by atoms with E-state index in [2.05, 4.69) is 54.7 Å². The minimum atomic E-state index is 0.135. The van der Waals surface area contributed by atoms with Gasteiger partial charge in [0.2, 0.25) is 5.91 Å². The lowest BCUT2D eigenvalue weighted by atomic mass is 10.1. The van der Waals surface area contributed by atoms with Crippen molar-refractivity contribution in [3.63, 3.8) is 0 Å². The summed E-state index contributed by atoms with van der Waals surface area (Å²) in [7, 11) is 0. The van der Waals surface area contributed by atoms with Crippen LogP contribution in [0.4, 0.5) is 11.5 Å². The highest BCUT2D eigenvalue weighted by molar-refractivity contribution is 5.76. The van der Waals surface area contributed by atoms with Crippen molar-refractivity contribution in [1.82, 2.24) is 25.1 Å². The van der Waals surface area contributed by atoms with Gasteiger partial charge >= 0.3 is 0 Å². The molecule has 0 saturated carbocycles. The second-order valence-electron chi connectivity index (χ2n) is 9.82. The van der Waals surface area contributed by atoms with E-state index in [1.165, 1.54) is 11.1 Å². The SMILES string of the molecule is O=C1CCN2CCN(CC2)Cc2cccc(c2)Cc2cc(ncn2)Nc2cccc(c2)OCCCCN1. The zero-order valence-electron chi connectivity index (χ0n) is 21.4. The summed E-state index contributed by atoms with van der Waals surface area (Å²) in [5.74, 6) is 1.71. The highest BCUT2D eigenvalue weighted by Crippen LogP contribution is 2.22. The first-order valence-electron chi connectivity index (χ1n) is 13.3. The zero-order valence-corrected chi connectivity index (χ0v) is 21.4. The fourth-order valence-electron chi connectivity index (χ4n) is 4.84. The lowest BCUT2D eigenvalue weighted by molar-refractivity contribution is -0.121. The summed E-state index contributed by atoms with van der Waals surface area (Å²) in [6, 6.07) is 18.7. The topological polar surface area (TPSA) is 82.6 Å². The van der Waals surface area contributed by atoms with Crippen LogP contribution in [0.2, 0.25) is 0 Å². The molecule has 8 nitrogen and oxygen atoms in total. The molecular formula is C29H36N6O2. The number of hydrogen-bond acceptors (Lipinski definition) is 7. The number of carbonyl (C=O) groups is 1. The molecule has 0 atom stereocenters. The minimum absolute atomic E-state index is 0.135. The van der Waals surface area contributed by atoms with Crippen LogP contribution >= 0.6 is 0 Å². The monoisotopic (exact) mass is 500 g/mol. The van der Waals surface area contributed by atoms with E-state index in [0.29, 0.717) is 19.6 Å². The lowest BCUT2D eigenvalue weighted by Crippen LogP contribution is -2.46. The fraction of sp³-hybridized carbons (Fsp3) is 0.414. The number of benzene rings is 2. The minimum Gasteiger partial charge on any atom is -0.494 e. The van der Waals surface area contributed by atoms with Crippen LogP contribution in [0.5, 0.6) is 5.75 Å². The van der Waals surface area contributed by atoms with Crippen LogP contribution in [0.25, 0.3) is 0 Å². The molecule has 2 aromatic carbocycles. The van der Waals surface area contributed by atoms with E-state index < -0.39 is 0 Å². The average Bonchev–Trinajstić information content (AvgIpc) is 2.90. The molecule has 0 radical (unpaired) electrons. The van der Waals surface area contributed by atoms with E-state index in [1.54, 1.807) is 6.33 Å². The Labute approximate surface area is 219 Å². The fourth-order valence-corrected chi connectivity index (χ4v) is 4.84. The number of carbonyl (C=O) groups excluding carboxylic acids is 1. The Bertz CT molecular complexity index is 1180. The second kappa shape index (κ2) is 12.7. The summed E-state index contributed by atoms with van der Waals surface area (Å²) in [6.45, 7) is 7.11. The number of anilines is 2. The number of piperazine rings is 1. The van der Waals surface area contributed by atoms with Crippen molar-refractivity contribution in [2.75, 3.05) is 51.2 Å². The van der Waals surface area contributed by atoms with Crippen molar-refractivity contribution in [3.8, 4) is 5.75 Å². The molecule has 1 aromatic heterocycles. The summed E-state index contributed by atoms with van der Waals surface area (Å²) in [5, 5.41) is 6.44. The van der Waals surface area contributed by atoms with Crippen LogP contribution < -0.4 is 15.4 Å². The first-order chi connectivity index (χ1) is 18.2. The van der Waals surface area contributed by atoms with Crippen LogP contribution in [0.15, 0.2) is 60.9 Å². The summed E-state index contributed by atoms with van der Waals surface area (Å²) in [6.07, 6.45) is 4.71. The van der Waals surface area contributed by atoms with Gasteiger partial charge < -0.3 is 20.3 Å². The van der Waals surface area contributed by atoms with Gasteiger partial charge in [-0.2, -0.15) is 0 Å². The maximum atomic E-state index is 12.3. The van der Waals surface area contributed by atoms with Crippen molar-refractivity contribution >= 4 is 17.4 Å². The van der Waals surface area contributed by atoms with E-state index in [0.717, 1.165) is 81.5 Å². The second-order valence-corrected chi connectivity index (χ2v) is 9.82. The van der Waals surface area contributed by atoms with Crippen LogP contribution in [-0.2, 0) is 17.8 Å². The lowest BCUT2D eigenvalue weighted by Gasteiger charge is -2.34. The molecule has 8 heteroatoms. The van der Waals surface area contributed by atoms with E-state index in [4.69, 9.17) is 4.74 Å². The molecule has 37 heavy (non-hydrogen) atoms. The standard InChI is InChI=1S/C29H36N6O2/c36-29-9-11-34-12-14-35(15-13-34)21-24-6-3-5-23(17-24)18-26-20-28(32-22-31-26)33-25-7-4-8-27(19-25)37-16-2-1-10-30-29/h3-8,17,19-20,22H,1-2,9-16,18,21H2,(H,30,36)(H,31,32,33). The molecule has 1 amide bonds. The number of hydrogen-bond donors (Lipinski definition) is 2. The van der Waals surface area contributed by atoms with Gasteiger partial charge in [-0.1, -0.05) is 30.3 Å². The van der Waals surface area contributed by atoms with Gasteiger partial charge in [-0.25, -0.2) is 9.97 Å². The first-order valence-corrected chi connectivity index (χ1v) is 13.3. The quantitative estimate of drug-likeness (QED) is 0.488. The molecule has 0 unspecified atom stereocenters. The molecule has 0 spiro atoms. The number of nitrogens with zero attached hydrogens (tertiary/aromatic N) is 4. The van der Waals surface area contributed by atoms with Crippen LogP contribution in [0, 0.1) is 0 Å². The van der Waals surface area contributed by atoms with Crippen molar-refractivity contribution < 1.29 is 9.53 Å². The Morgan fingerprint density at radius 2 is 1.68 bits per heavy atom. The van der Waals surface area contributed by atoms with Gasteiger partial charge in [0.25, 0.3) is 0 Å². The highest BCUT2D eigenvalue weighted by atomic mass is 16.5. The number of ether oxygens (including phenoxy) is 1. The Kier molecular flexibility index (Phi) is 8.61. The van der Waals surface area contributed by atoms with Crippen LogP contribution in [-0.4, -0.2) is 71.6 Å². The van der Waals surface area contributed by atoms with Gasteiger partial charge in [-0.05, 0) is 36.1 Å². The highest BCUT2D eigenvalue weighted by Gasteiger charge is 2.18. The molecule has 4 heterocycles. The largest absolute Gasteiger partial charge is 0.494 e. The Morgan fingerprint density at radius 1 is 0.838 bits per heavy atom. The predicted molar refractivity (Wildman–Crippen MR) is 145 cm³/mol. The van der Waals surface area contributed by atoms with Gasteiger partial charge in [0.05, 0.1) is 12.3 Å². The number of amides is 1. The van der Waals surface area contributed by atoms with Gasteiger partial charge in [-0.15, -0.1) is 0 Å². The van der Waals surface area contributed by atoms with Gasteiger partial charge in [-0.3, -0.25) is 9.69 Å². The van der Waals surface area contributed by atoms with Gasteiger partial charge in [0.15, 0.2) is 0 Å². The smallest absolute Gasteiger partial charge is 0.221 e. The normalized spacial score (nSPS) is 21.5. The van der Waals surface area contributed by atoms with Crippen molar-refractivity contribution in [1.29, 1.82) is 0 Å². The van der Waals surface area contributed by atoms with Crippen LogP contribution in [0.1, 0.15) is 36.1 Å². The third-order valence-electron chi connectivity index (χ3n) is 6.89. The molecule has 0 aliphatic carbocycles. The first kappa shape index (κ1) is 25.2. The summed E-state index contributed by atoms with van der Waals surface area (Å²) >= 11 is 0. The van der Waals surface area contributed by atoms with E-state index in [1.807, 2.05) is 30.3 Å². The molecule has 6 rings (SSSR count). The molecule has 3 aliphatic rings. The summed E-state index contributed by atoms with van der Waals surface area (Å²) < 4.78 is 5.94. The third-order valence-corrected chi connectivity index (χ3v) is 6.89. The molecular weight excluding hydrogens is 464 g/mol. The molecule has 8 bridgehead atoms. The number of fused-ring (bicyclic) bond motifs is 10. The number of rotatable bonds is 0. The van der Waals surface area contributed by atoms with E-state index in [-0.39, 0.29) is 5.91 Å². The van der Waals surface area contributed by atoms with Gasteiger partial charge in [0, 0.05) is 76.5 Å². The molecule has 3 aliphatic heterocycles. The van der Waals surface area contributed by atoms with Crippen molar-refractivity contribution in [3.05, 3.63) is 77.7 Å². The summed E-state index contributed by atoms with van der Waals surface area (Å²) in [5.41, 5.74) is 4.46. The predicted octanol–water partition coefficient (Wildman–Crippen LogP) is 3.61. The maximum Gasteiger partial charge on any atom is 0.221 e. The molecule has 3 aromatic rings. The van der Waals surface area contributed by atoms with E-state index >= 15 is 0 Å². The maximum absolute atomic E-state index is 12.3. The summed E-state index contributed by atoms with van der Waals surface area (Å²) in [4.78, 5) is 26.1. The average molecular weight is 501 g/mol. The molecule has 2 N–H and O–H groups in total. The zero-order chi connectivity index (χ0) is 25.3.